The van der Waals surface area contributed by atoms with E-state index < -0.39 is 0 Å². The number of hydrogen-bond acceptors (Lipinski definition) is 2. The molecule has 0 unspecified atom stereocenters. The maximum absolute atomic E-state index is 13.0. The number of Topliss-reactive ketones (excluding diaryl/α,β-unsaturated/α-hetero) is 1. The molecule has 1 saturated heterocycles. The van der Waals surface area contributed by atoms with E-state index in [4.69, 9.17) is 0 Å². The van der Waals surface area contributed by atoms with E-state index in [2.05, 4.69) is 43.7 Å². The van der Waals surface area contributed by atoms with Gasteiger partial charge in [0.2, 0.25) is 0 Å². The molecule has 1 aliphatic heterocycles. The van der Waals surface area contributed by atoms with E-state index in [1.807, 2.05) is 60.7 Å². The molecule has 0 radical (unpaired) electrons. The van der Waals surface area contributed by atoms with E-state index in [1.54, 1.807) is 0 Å². The number of halogens is 2. The van der Waals surface area contributed by atoms with Gasteiger partial charge in [-0.1, -0.05) is 63.0 Å². The van der Waals surface area contributed by atoms with Gasteiger partial charge < -0.3 is 0 Å². The Balaban J connectivity index is 1.93. The van der Waals surface area contributed by atoms with Crippen molar-refractivity contribution >= 4 is 49.8 Å². The number of carbonyl (C=O) groups excluding carboxylic acids is 1. The number of likely N-dealkylation sites (tertiary alicyclic amines) is 1. The minimum Gasteiger partial charge on any atom is -0.295 e. The molecule has 2 nitrogen and oxygen atoms in total. The molecule has 134 valence electrons. The summed E-state index contributed by atoms with van der Waals surface area (Å²) in [5, 5.41) is 0. The third-order valence-electron chi connectivity index (χ3n) is 4.33. The molecule has 2 aromatic rings. The molecular weight excluding hydrogens is 454 g/mol. The van der Waals surface area contributed by atoms with Gasteiger partial charge in [0, 0.05) is 33.2 Å². The fourth-order valence-electron chi connectivity index (χ4n) is 3.10. The third kappa shape index (κ3) is 5.03. The number of hydrogen-bond donors (Lipinski definition) is 0. The second kappa shape index (κ2) is 8.94. The van der Waals surface area contributed by atoms with Gasteiger partial charge in [-0.25, -0.2) is 0 Å². The summed E-state index contributed by atoms with van der Waals surface area (Å²) in [5.41, 5.74) is 3.82. The van der Waals surface area contributed by atoms with Crippen molar-refractivity contribution in [1.82, 2.24) is 4.90 Å². The van der Waals surface area contributed by atoms with Crippen molar-refractivity contribution in [2.24, 2.45) is 0 Å². The molecule has 0 spiro atoms. The lowest BCUT2D eigenvalue weighted by atomic mass is 9.94. The molecule has 2 aromatic carbocycles. The van der Waals surface area contributed by atoms with Crippen LogP contribution in [0.1, 0.15) is 24.5 Å². The highest BCUT2D eigenvalue weighted by Gasteiger charge is 2.25. The molecule has 1 aliphatic rings. The Bertz CT molecular complexity index is 768. The summed E-state index contributed by atoms with van der Waals surface area (Å²) in [7, 11) is 0. The van der Waals surface area contributed by atoms with Gasteiger partial charge in [-0.15, -0.1) is 0 Å². The van der Waals surface area contributed by atoms with Crippen LogP contribution in [0.3, 0.4) is 0 Å². The van der Waals surface area contributed by atoms with Crippen LogP contribution in [0.15, 0.2) is 68.6 Å². The Hall–Kier alpha value is -1.49. The summed E-state index contributed by atoms with van der Waals surface area (Å²) in [5.74, 6) is 0.156. The molecule has 1 heterocycles. The zero-order valence-corrected chi connectivity index (χ0v) is 17.9. The predicted molar refractivity (Wildman–Crippen MR) is 116 cm³/mol. The Morgan fingerprint density at radius 2 is 1.27 bits per heavy atom. The first kappa shape index (κ1) is 19.3. The predicted octanol–water partition coefficient (Wildman–Crippen LogP) is 5.97. The first-order valence-electron chi connectivity index (χ1n) is 8.74. The van der Waals surface area contributed by atoms with E-state index in [0.29, 0.717) is 13.1 Å². The zero-order chi connectivity index (χ0) is 18.5. The van der Waals surface area contributed by atoms with Crippen LogP contribution < -0.4 is 0 Å². The van der Waals surface area contributed by atoms with Crippen LogP contribution in [0, 0.1) is 0 Å². The number of ketones is 1. The van der Waals surface area contributed by atoms with Gasteiger partial charge in [0.05, 0.1) is 0 Å². The lowest BCUT2D eigenvalue weighted by Gasteiger charge is -2.29. The van der Waals surface area contributed by atoms with Crippen molar-refractivity contribution in [3.05, 3.63) is 79.7 Å². The van der Waals surface area contributed by atoms with Crippen LogP contribution in [0.4, 0.5) is 0 Å². The van der Waals surface area contributed by atoms with E-state index in [0.717, 1.165) is 44.2 Å². The van der Waals surface area contributed by atoms with E-state index in [9.17, 15) is 4.79 Å². The normalized spacial score (nSPS) is 18.7. The average Bonchev–Trinajstić information content (AvgIpc) is 2.63. The minimum atomic E-state index is 0.156. The molecule has 4 heteroatoms. The number of nitrogens with zero attached hydrogens (tertiary/aromatic N) is 1. The van der Waals surface area contributed by atoms with Crippen molar-refractivity contribution in [1.29, 1.82) is 0 Å². The van der Waals surface area contributed by atoms with Gasteiger partial charge in [-0.05, 0) is 60.5 Å². The average molecular weight is 475 g/mol. The van der Waals surface area contributed by atoms with Gasteiger partial charge in [-0.3, -0.25) is 9.69 Å². The first-order chi connectivity index (χ1) is 12.5. The maximum atomic E-state index is 13.0. The number of carbonyl (C=O) groups is 1. The van der Waals surface area contributed by atoms with Gasteiger partial charge in [0.25, 0.3) is 0 Å². The van der Waals surface area contributed by atoms with E-state index in [1.165, 1.54) is 0 Å². The SMILES string of the molecule is CCCN1C/C(=C/c2ccc(Br)cc2)C(=O)/C(=C/c2ccc(Br)cc2)C1. The Labute approximate surface area is 171 Å². The summed E-state index contributed by atoms with van der Waals surface area (Å²) >= 11 is 6.91. The second-order valence-electron chi connectivity index (χ2n) is 6.48. The fraction of sp³-hybridized carbons (Fsp3) is 0.227. The van der Waals surface area contributed by atoms with Crippen molar-refractivity contribution < 1.29 is 4.79 Å². The summed E-state index contributed by atoms with van der Waals surface area (Å²) in [4.78, 5) is 15.4. The van der Waals surface area contributed by atoms with E-state index in [-0.39, 0.29) is 5.78 Å². The fourth-order valence-corrected chi connectivity index (χ4v) is 3.63. The molecule has 0 saturated carbocycles. The second-order valence-corrected chi connectivity index (χ2v) is 8.31. The summed E-state index contributed by atoms with van der Waals surface area (Å²) < 4.78 is 2.08. The number of rotatable bonds is 4. The zero-order valence-electron chi connectivity index (χ0n) is 14.7. The van der Waals surface area contributed by atoms with Crippen molar-refractivity contribution in [3.8, 4) is 0 Å². The van der Waals surface area contributed by atoms with Crippen LogP contribution in [0.2, 0.25) is 0 Å². The standard InChI is InChI=1S/C22H21Br2NO/c1-2-11-25-14-18(12-16-3-7-20(23)8-4-16)22(26)19(15-25)13-17-5-9-21(24)10-6-17/h3-10,12-13H,2,11,14-15H2,1H3/b18-12-,19-13+. The van der Waals surface area contributed by atoms with Crippen LogP contribution in [0.5, 0.6) is 0 Å². The quantitative estimate of drug-likeness (QED) is 0.508. The first-order valence-corrected chi connectivity index (χ1v) is 10.3. The van der Waals surface area contributed by atoms with Crippen LogP contribution in [-0.4, -0.2) is 30.3 Å². The van der Waals surface area contributed by atoms with Gasteiger partial charge in [0.1, 0.15) is 0 Å². The van der Waals surface area contributed by atoms with Crippen molar-refractivity contribution in [3.63, 3.8) is 0 Å². The summed E-state index contributed by atoms with van der Waals surface area (Å²) in [6.07, 6.45) is 5.11. The Morgan fingerprint density at radius 3 is 1.65 bits per heavy atom. The molecule has 0 amide bonds. The number of piperidine rings is 1. The molecule has 0 aliphatic carbocycles. The molecule has 0 bridgehead atoms. The molecule has 26 heavy (non-hydrogen) atoms. The van der Waals surface area contributed by atoms with Gasteiger partial charge in [0.15, 0.2) is 5.78 Å². The van der Waals surface area contributed by atoms with Gasteiger partial charge >= 0.3 is 0 Å². The largest absolute Gasteiger partial charge is 0.295 e. The molecule has 3 rings (SSSR count). The molecular formula is C22H21Br2NO. The Morgan fingerprint density at radius 1 is 0.846 bits per heavy atom. The minimum absolute atomic E-state index is 0.156. The third-order valence-corrected chi connectivity index (χ3v) is 5.39. The van der Waals surface area contributed by atoms with Crippen molar-refractivity contribution in [2.75, 3.05) is 19.6 Å². The monoisotopic (exact) mass is 473 g/mol. The summed E-state index contributed by atoms with van der Waals surface area (Å²) in [6, 6.07) is 16.1. The highest BCUT2D eigenvalue weighted by atomic mass is 79.9. The molecule has 0 N–H and O–H groups in total. The lowest BCUT2D eigenvalue weighted by Crippen LogP contribution is -2.38. The van der Waals surface area contributed by atoms with E-state index >= 15 is 0 Å². The molecule has 0 atom stereocenters. The topological polar surface area (TPSA) is 20.3 Å². The smallest absolute Gasteiger partial charge is 0.187 e. The maximum Gasteiger partial charge on any atom is 0.187 e. The van der Waals surface area contributed by atoms with Crippen molar-refractivity contribution in [2.45, 2.75) is 13.3 Å². The summed E-state index contributed by atoms with van der Waals surface area (Å²) in [6.45, 7) is 4.58. The van der Waals surface area contributed by atoms with Crippen LogP contribution in [0.25, 0.3) is 12.2 Å². The Kier molecular flexibility index (Phi) is 6.63. The number of benzene rings is 2. The molecule has 1 fully saturated rings. The highest BCUT2D eigenvalue weighted by Crippen LogP contribution is 2.23. The van der Waals surface area contributed by atoms with Crippen LogP contribution in [-0.2, 0) is 4.79 Å². The van der Waals surface area contributed by atoms with Gasteiger partial charge in [-0.2, -0.15) is 0 Å². The lowest BCUT2D eigenvalue weighted by molar-refractivity contribution is -0.113. The molecule has 0 aromatic heterocycles. The highest BCUT2D eigenvalue weighted by molar-refractivity contribution is 9.10. The van der Waals surface area contributed by atoms with Crippen LogP contribution >= 0.6 is 31.9 Å².